The first kappa shape index (κ1) is 16.3. The van der Waals surface area contributed by atoms with Crippen molar-refractivity contribution < 1.29 is 14.4 Å². The third kappa shape index (κ3) is 5.06. The second-order valence-corrected chi connectivity index (χ2v) is 5.32. The van der Waals surface area contributed by atoms with Crippen molar-refractivity contribution >= 4 is 35.4 Å². The summed E-state index contributed by atoms with van der Waals surface area (Å²) in [6.45, 7) is 1.69. The van der Waals surface area contributed by atoms with Crippen molar-refractivity contribution in [2.75, 3.05) is 6.61 Å². The normalized spacial score (nSPS) is 10.7. The van der Waals surface area contributed by atoms with Crippen molar-refractivity contribution in [3.63, 3.8) is 0 Å². The molecule has 0 amide bonds. The van der Waals surface area contributed by atoms with Crippen LogP contribution in [-0.4, -0.2) is 18.8 Å². The highest BCUT2D eigenvalue weighted by atomic mass is 35.5. The van der Waals surface area contributed by atoms with Gasteiger partial charge in [-0.3, -0.25) is 0 Å². The van der Waals surface area contributed by atoms with Crippen LogP contribution in [0.2, 0.25) is 10.0 Å². The first-order valence-corrected chi connectivity index (χ1v) is 7.18. The summed E-state index contributed by atoms with van der Waals surface area (Å²) in [4.78, 5) is 16.2. The van der Waals surface area contributed by atoms with E-state index in [1.165, 1.54) is 12.3 Å². The van der Waals surface area contributed by atoms with E-state index in [2.05, 4.69) is 5.16 Å². The van der Waals surface area contributed by atoms with Gasteiger partial charge in [0.2, 0.25) is 0 Å². The molecule has 0 aromatic heterocycles. The zero-order valence-corrected chi connectivity index (χ0v) is 13.3. The monoisotopic (exact) mass is 337 g/mol. The van der Waals surface area contributed by atoms with Gasteiger partial charge in [-0.25, -0.2) is 4.79 Å². The van der Waals surface area contributed by atoms with Crippen molar-refractivity contribution in [2.45, 2.75) is 6.92 Å². The predicted octanol–water partition coefficient (Wildman–Crippen LogP) is 4.26. The maximum Gasteiger partial charge on any atom is 0.372 e. The van der Waals surface area contributed by atoms with Crippen molar-refractivity contribution in [1.82, 2.24) is 0 Å². The van der Waals surface area contributed by atoms with Crippen LogP contribution in [0.5, 0.6) is 5.75 Å². The van der Waals surface area contributed by atoms with E-state index in [0.717, 1.165) is 11.1 Å². The number of carbonyl (C=O) groups excluding carboxylic acids is 1. The van der Waals surface area contributed by atoms with Crippen LogP contribution < -0.4 is 4.74 Å². The Kier molecular flexibility index (Phi) is 5.81. The van der Waals surface area contributed by atoms with Crippen LogP contribution in [0.3, 0.4) is 0 Å². The second-order valence-electron chi connectivity index (χ2n) is 4.47. The summed E-state index contributed by atoms with van der Waals surface area (Å²) in [7, 11) is 0. The molecule has 4 nitrogen and oxygen atoms in total. The minimum absolute atomic E-state index is 0.299. The quantitative estimate of drug-likeness (QED) is 0.465. The highest BCUT2D eigenvalue weighted by molar-refractivity contribution is 6.35. The van der Waals surface area contributed by atoms with Crippen LogP contribution >= 0.6 is 23.2 Å². The zero-order chi connectivity index (χ0) is 15.9. The van der Waals surface area contributed by atoms with Gasteiger partial charge in [-0.1, -0.05) is 58.2 Å². The average Bonchev–Trinajstić information content (AvgIpc) is 2.48. The number of ether oxygens (including phenoxy) is 1. The number of hydrogen-bond donors (Lipinski definition) is 0. The topological polar surface area (TPSA) is 47.9 Å². The largest absolute Gasteiger partial charge is 0.480 e. The Labute approximate surface area is 138 Å². The van der Waals surface area contributed by atoms with E-state index < -0.39 is 5.97 Å². The summed E-state index contributed by atoms with van der Waals surface area (Å²) in [6.07, 6.45) is 1.45. The van der Waals surface area contributed by atoms with Gasteiger partial charge in [0.15, 0.2) is 6.61 Å². The number of nitrogens with zero attached hydrogens (tertiary/aromatic N) is 1. The third-order valence-electron chi connectivity index (χ3n) is 2.67. The molecule has 2 aromatic carbocycles. The molecule has 0 saturated heterocycles. The van der Waals surface area contributed by atoms with E-state index in [1.807, 2.05) is 31.2 Å². The summed E-state index contributed by atoms with van der Waals surface area (Å²) in [5, 5.41) is 4.42. The summed E-state index contributed by atoms with van der Waals surface area (Å²) >= 11 is 11.7. The summed E-state index contributed by atoms with van der Waals surface area (Å²) in [5.74, 6) is -0.278. The fourth-order valence-corrected chi connectivity index (χ4v) is 2.02. The lowest BCUT2D eigenvalue weighted by atomic mass is 10.2. The fourth-order valence-electron chi connectivity index (χ4n) is 1.55. The number of carbonyl (C=O) groups is 1. The Morgan fingerprint density at radius 3 is 2.59 bits per heavy atom. The van der Waals surface area contributed by atoms with Gasteiger partial charge in [0, 0.05) is 5.02 Å². The first-order chi connectivity index (χ1) is 10.5. The molecule has 2 rings (SSSR count). The second kappa shape index (κ2) is 7.82. The van der Waals surface area contributed by atoms with Gasteiger partial charge in [-0.2, -0.15) is 0 Å². The SMILES string of the molecule is Cc1ccc(C=NOC(=O)COc2ccc(Cl)cc2Cl)cc1. The Balaban J connectivity index is 1.81. The Bertz CT molecular complexity index is 684. The molecule has 0 atom stereocenters. The summed E-state index contributed by atoms with van der Waals surface area (Å²) < 4.78 is 5.23. The smallest absolute Gasteiger partial charge is 0.372 e. The molecule has 0 spiro atoms. The van der Waals surface area contributed by atoms with Crippen LogP contribution in [0.15, 0.2) is 47.6 Å². The van der Waals surface area contributed by atoms with Gasteiger partial charge in [-0.15, -0.1) is 0 Å². The number of halogens is 2. The summed E-state index contributed by atoms with van der Waals surface area (Å²) in [5.41, 5.74) is 1.97. The standard InChI is InChI=1S/C16H13Cl2NO3/c1-11-2-4-12(5-3-11)9-19-22-16(20)10-21-15-7-6-13(17)8-14(15)18/h2-9H,10H2,1H3. The molecule has 0 aliphatic rings. The molecule has 0 unspecified atom stereocenters. The summed E-state index contributed by atoms with van der Waals surface area (Å²) in [6, 6.07) is 12.3. The number of hydrogen-bond acceptors (Lipinski definition) is 4. The number of aryl methyl sites for hydroxylation is 1. The molecule has 22 heavy (non-hydrogen) atoms. The molecule has 6 heteroatoms. The molecular weight excluding hydrogens is 325 g/mol. The average molecular weight is 338 g/mol. The van der Waals surface area contributed by atoms with Crippen molar-refractivity contribution in [3.8, 4) is 5.75 Å². The molecule has 0 heterocycles. The van der Waals surface area contributed by atoms with Gasteiger partial charge < -0.3 is 9.57 Å². The van der Waals surface area contributed by atoms with Gasteiger partial charge in [0.25, 0.3) is 0 Å². The lowest BCUT2D eigenvalue weighted by Gasteiger charge is -2.06. The molecule has 0 radical (unpaired) electrons. The maximum absolute atomic E-state index is 11.5. The third-order valence-corrected chi connectivity index (χ3v) is 3.20. The molecular formula is C16H13Cl2NO3. The maximum atomic E-state index is 11.5. The molecule has 0 N–H and O–H groups in total. The lowest BCUT2D eigenvalue weighted by Crippen LogP contribution is -2.12. The zero-order valence-electron chi connectivity index (χ0n) is 11.8. The van der Waals surface area contributed by atoms with Crippen LogP contribution in [-0.2, 0) is 9.63 Å². The van der Waals surface area contributed by atoms with Gasteiger partial charge in [0.05, 0.1) is 11.2 Å². The van der Waals surface area contributed by atoms with Crippen LogP contribution in [0.25, 0.3) is 0 Å². The minimum atomic E-state index is -0.630. The molecule has 0 saturated carbocycles. The number of rotatable bonds is 5. The van der Waals surface area contributed by atoms with Crippen LogP contribution in [0.4, 0.5) is 0 Å². The molecule has 0 aliphatic carbocycles. The molecule has 0 fully saturated rings. The molecule has 0 aliphatic heterocycles. The first-order valence-electron chi connectivity index (χ1n) is 6.42. The van der Waals surface area contributed by atoms with E-state index in [-0.39, 0.29) is 6.61 Å². The molecule has 0 bridgehead atoms. The van der Waals surface area contributed by atoms with E-state index >= 15 is 0 Å². The molecule has 2 aromatic rings. The highest BCUT2D eigenvalue weighted by Crippen LogP contribution is 2.27. The Hall–Kier alpha value is -2.04. The van der Waals surface area contributed by atoms with E-state index in [4.69, 9.17) is 32.8 Å². The van der Waals surface area contributed by atoms with E-state index in [0.29, 0.717) is 15.8 Å². The fraction of sp³-hybridized carbons (Fsp3) is 0.125. The Morgan fingerprint density at radius 2 is 1.91 bits per heavy atom. The highest BCUT2D eigenvalue weighted by Gasteiger charge is 2.07. The van der Waals surface area contributed by atoms with Crippen molar-refractivity contribution in [3.05, 3.63) is 63.6 Å². The van der Waals surface area contributed by atoms with Gasteiger partial charge in [-0.05, 0) is 30.7 Å². The number of oxime groups is 1. The lowest BCUT2D eigenvalue weighted by molar-refractivity contribution is -0.145. The van der Waals surface area contributed by atoms with E-state index in [1.54, 1.807) is 12.1 Å². The number of benzene rings is 2. The van der Waals surface area contributed by atoms with Gasteiger partial charge in [0.1, 0.15) is 5.75 Å². The Morgan fingerprint density at radius 1 is 1.18 bits per heavy atom. The van der Waals surface area contributed by atoms with Crippen LogP contribution in [0.1, 0.15) is 11.1 Å². The van der Waals surface area contributed by atoms with E-state index in [9.17, 15) is 4.79 Å². The van der Waals surface area contributed by atoms with Gasteiger partial charge >= 0.3 is 5.97 Å². The predicted molar refractivity (Wildman–Crippen MR) is 86.8 cm³/mol. The van der Waals surface area contributed by atoms with Crippen molar-refractivity contribution in [2.24, 2.45) is 5.16 Å². The van der Waals surface area contributed by atoms with Crippen molar-refractivity contribution in [1.29, 1.82) is 0 Å². The minimum Gasteiger partial charge on any atom is -0.480 e. The molecule has 114 valence electrons. The van der Waals surface area contributed by atoms with Crippen LogP contribution in [0, 0.1) is 6.92 Å².